The highest BCUT2D eigenvalue weighted by atomic mass is 35.5. The Morgan fingerprint density at radius 2 is 0.760 bits per heavy atom. The number of hydrogen-bond donors (Lipinski definition) is 0. The number of ketones is 2. The zero-order valence-electron chi connectivity index (χ0n) is 31.3. The normalized spacial score (nSPS) is 16.5. The van der Waals surface area contributed by atoms with Crippen molar-refractivity contribution >= 4 is 46.1 Å². The van der Waals surface area contributed by atoms with Crippen LogP contribution in [0.2, 0.25) is 10.0 Å². The zero-order valence-corrected chi connectivity index (χ0v) is 32.8. The summed E-state index contributed by atoms with van der Waals surface area (Å²) in [4.78, 5) is 26.7. The average Bonchev–Trinajstić information content (AvgIpc) is 2.96. The van der Waals surface area contributed by atoms with Crippen LogP contribution in [0, 0.1) is 21.7 Å². The first-order valence-corrected chi connectivity index (χ1v) is 17.5. The number of halogens is 2. The zero-order chi connectivity index (χ0) is 37.4. The fourth-order valence-corrected chi connectivity index (χ4v) is 5.96. The molecule has 0 unspecified atom stereocenters. The Morgan fingerprint density at radius 3 is 1.02 bits per heavy atom. The molecule has 0 aliphatic heterocycles. The Hall–Kier alpha value is -4.00. The third kappa shape index (κ3) is 9.21. The minimum atomic E-state index is -0.335. The van der Waals surface area contributed by atoms with Gasteiger partial charge < -0.3 is 0 Å². The number of azo groups is 2. The van der Waals surface area contributed by atoms with Crippen LogP contribution in [0.4, 0.5) is 11.4 Å². The van der Waals surface area contributed by atoms with Crippen molar-refractivity contribution < 1.29 is 9.59 Å². The van der Waals surface area contributed by atoms with Crippen molar-refractivity contribution in [2.24, 2.45) is 42.1 Å². The van der Waals surface area contributed by atoms with Crippen molar-refractivity contribution in [3.63, 3.8) is 0 Å². The van der Waals surface area contributed by atoms with Gasteiger partial charge in [-0.1, -0.05) is 118 Å². The van der Waals surface area contributed by atoms with Gasteiger partial charge in [-0.2, -0.15) is 20.5 Å². The van der Waals surface area contributed by atoms with Gasteiger partial charge in [-0.3, -0.25) is 9.59 Å². The fraction of sp³-hybridized carbons (Fsp3) is 0.381. The lowest BCUT2D eigenvalue weighted by atomic mass is 9.72. The highest BCUT2D eigenvalue weighted by Crippen LogP contribution is 2.42. The molecule has 6 nitrogen and oxygen atoms in total. The van der Waals surface area contributed by atoms with Crippen molar-refractivity contribution in [2.75, 3.05) is 0 Å². The second-order valence-corrected chi connectivity index (χ2v) is 17.8. The summed E-state index contributed by atoms with van der Waals surface area (Å²) in [5.74, 6) is 0.120. The van der Waals surface area contributed by atoms with Crippen LogP contribution in [0.3, 0.4) is 0 Å². The quantitative estimate of drug-likeness (QED) is 0.289. The molecular formula is C42H48Cl2N4O2. The maximum Gasteiger partial charge on any atom is 0.186 e. The van der Waals surface area contributed by atoms with Crippen molar-refractivity contribution in [3.8, 4) is 11.1 Å². The lowest BCUT2D eigenvalue weighted by molar-refractivity contribution is -0.114. The Labute approximate surface area is 307 Å². The molecule has 2 aliphatic rings. The third-order valence-corrected chi connectivity index (χ3v) is 8.88. The van der Waals surface area contributed by atoms with Gasteiger partial charge in [0.2, 0.25) is 0 Å². The van der Waals surface area contributed by atoms with Crippen molar-refractivity contribution in [1.82, 2.24) is 0 Å². The van der Waals surface area contributed by atoms with E-state index in [0.717, 1.165) is 44.6 Å². The van der Waals surface area contributed by atoms with Gasteiger partial charge in [0.15, 0.2) is 11.6 Å². The van der Waals surface area contributed by atoms with E-state index >= 15 is 0 Å². The summed E-state index contributed by atoms with van der Waals surface area (Å²) in [7, 11) is 0. The van der Waals surface area contributed by atoms with Gasteiger partial charge in [0.1, 0.15) is 0 Å². The lowest BCUT2D eigenvalue weighted by Crippen LogP contribution is -2.27. The Morgan fingerprint density at radius 1 is 0.480 bits per heavy atom. The average molecular weight is 712 g/mol. The fourth-order valence-electron chi connectivity index (χ4n) is 5.63. The van der Waals surface area contributed by atoms with Crippen LogP contribution in [-0.4, -0.2) is 11.6 Å². The molecule has 2 aliphatic carbocycles. The molecule has 0 atom stereocenters. The van der Waals surface area contributed by atoms with Crippen molar-refractivity contribution in [1.29, 1.82) is 0 Å². The van der Waals surface area contributed by atoms with E-state index in [-0.39, 0.29) is 33.2 Å². The van der Waals surface area contributed by atoms with Gasteiger partial charge in [-0.15, -0.1) is 0 Å². The minimum Gasteiger partial charge on any atom is -0.289 e. The predicted octanol–water partition coefficient (Wildman–Crippen LogP) is 13.7. The van der Waals surface area contributed by atoms with Gasteiger partial charge in [-0.25, -0.2) is 0 Å². The standard InChI is InChI=1S/C42H48Cl2N4O2/c1-39(2,3)31-17-25(18-32(37(31)49)40(4,5)6)23-45-47-35-21-27(43)13-15-29(35)30-16-14-28(44)22-36(30)48-46-24-26-19-33(41(7,8)9)38(50)34(20-26)42(10,11)12/h13-24H,1-12H3. The number of rotatable bonds is 5. The Balaban J connectivity index is 1.77. The molecule has 0 spiro atoms. The van der Waals surface area contributed by atoms with Crippen LogP contribution in [0.1, 0.15) is 83.1 Å². The summed E-state index contributed by atoms with van der Waals surface area (Å²) in [6.07, 6.45) is 10.9. The van der Waals surface area contributed by atoms with Crippen LogP contribution < -0.4 is 0 Å². The van der Waals surface area contributed by atoms with E-state index in [1.165, 1.54) is 0 Å². The second-order valence-electron chi connectivity index (χ2n) is 16.9. The first-order valence-electron chi connectivity index (χ1n) is 16.8. The number of hydrogen-bond acceptors (Lipinski definition) is 6. The molecular weight excluding hydrogens is 663 g/mol. The Kier molecular flexibility index (Phi) is 11.1. The molecule has 0 radical (unpaired) electrons. The van der Waals surface area contributed by atoms with E-state index in [1.54, 1.807) is 36.7 Å². The monoisotopic (exact) mass is 710 g/mol. The van der Waals surface area contributed by atoms with Gasteiger partial charge >= 0.3 is 0 Å². The number of carbonyl (C=O) groups excluding carboxylic acids is 2. The van der Waals surface area contributed by atoms with Crippen LogP contribution in [-0.2, 0) is 9.59 Å². The number of benzene rings is 2. The number of allylic oxidation sites excluding steroid dienone is 10. The molecule has 0 aromatic heterocycles. The summed E-state index contributed by atoms with van der Waals surface area (Å²) in [6, 6.07) is 10.8. The highest BCUT2D eigenvalue weighted by Gasteiger charge is 2.35. The number of carbonyl (C=O) groups is 2. The molecule has 0 N–H and O–H groups in total. The first-order chi connectivity index (χ1) is 23.0. The van der Waals surface area contributed by atoms with Gasteiger partial charge in [-0.05, 0) is 81.4 Å². The molecule has 50 heavy (non-hydrogen) atoms. The summed E-state index contributed by atoms with van der Waals surface area (Å²) >= 11 is 12.9. The molecule has 2 aromatic carbocycles. The van der Waals surface area contributed by atoms with E-state index in [0.29, 0.717) is 21.4 Å². The maximum absolute atomic E-state index is 13.4. The van der Waals surface area contributed by atoms with Crippen molar-refractivity contribution in [2.45, 2.75) is 83.1 Å². The largest absolute Gasteiger partial charge is 0.289 e. The minimum absolute atomic E-state index is 0.0598. The molecule has 8 heteroatoms. The van der Waals surface area contributed by atoms with Gasteiger partial charge in [0.25, 0.3) is 0 Å². The van der Waals surface area contributed by atoms with Crippen LogP contribution in [0.5, 0.6) is 0 Å². The molecule has 0 amide bonds. The first kappa shape index (κ1) is 38.8. The predicted molar refractivity (Wildman–Crippen MR) is 207 cm³/mol. The van der Waals surface area contributed by atoms with E-state index in [9.17, 15) is 9.59 Å². The van der Waals surface area contributed by atoms with E-state index in [1.807, 2.05) is 120 Å². The van der Waals surface area contributed by atoms with E-state index in [4.69, 9.17) is 23.2 Å². The third-order valence-electron chi connectivity index (χ3n) is 8.41. The smallest absolute Gasteiger partial charge is 0.186 e. The second kappa shape index (κ2) is 14.3. The summed E-state index contributed by atoms with van der Waals surface area (Å²) < 4.78 is 0. The van der Waals surface area contributed by atoms with E-state index in [2.05, 4.69) is 20.5 Å². The highest BCUT2D eigenvalue weighted by molar-refractivity contribution is 6.31. The van der Waals surface area contributed by atoms with Crippen LogP contribution in [0.25, 0.3) is 11.1 Å². The molecule has 0 fully saturated rings. The summed E-state index contributed by atoms with van der Waals surface area (Å²) in [6.45, 7) is 24.4. The molecule has 0 heterocycles. The number of Topliss-reactive ketones (excluding diaryl/α,β-unsaturated/α-hetero) is 2. The topological polar surface area (TPSA) is 83.6 Å². The molecule has 0 saturated carbocycles. The molecule has 262 valence electrons. The number of nitrogens with zero attached hydrogens (tertiary/aromatic N) is 4. The lowest BCUT2D eigenvalue weighted by Gasteiger charge is -2.31. The summed E-state index contributed by atoms with van der Waals surface area (Å²) in [5, 5.41) is 19.1. The van der Waals surface area contributed by atoms with Gasteiger partial charge in [0, 0.05) is 43.5 Å². The van der Waals surface area contributed by atoms with Crippen LogP contribution >= 0.6 is 23.2 Å². The SMILES string of the molecule is CC(C)(C)C1=CC(=CN=Nc2cc(Cl)ccc2-c2ccc(Cl)cc2N=NC=C2C=C(C(C)(C)C)C(=O)C(C(C)(C)C)=C2)C=C(C(C)(C)C)C1=O. The molecule has 0 bridgehead atoms. The van der Waals surface area contributed by atoms with E-state index < -0.39 is 0 Å². The van der Waals surface area contributed by atoms with Crippen molar-refractivity contribution in [3.05, 3.63) is 117 Å². The molecule has 4 rings (SSSR count). The van der Waals surface area contributed by atoms with Crippen LogP contribution in [0.15, 0.2) is 127 Å². The molecule has 2 aromatic rings. The maximum atomic E-state index is 13.4. The summed E-state index contributed by atoms with van der Waals surface area (Å²) in [5.41, 5.74) is 5.69. The Bertz CT molecular complexity index is 1760. The molecule has 0 saturated heterocycles. The van der Waals surface area contributed by atoms with Gasteiger partial charge in [0.05, 0.1) is 23.8 Å².